The van der Waals surface area contributed by atoms with Gasteiger partial charge in [-0.2, -0.15) is 0 Å². The Balaban J connectivity index is 4.31. The average Bonchev–Trinajstić information content (AvgIpc) is 2.40. The van der Waals surface area contributed by atoms with Crippen LogP contribution in [-0.4, -0.2) is 67.5 Å². The highest BCUT2D eigenvalue weighted by atomic mass is 32.2. The summed E-state index contributed by atoms with van der Waals surface area (Å²) in [5.41, 5.74) is 0.240. The molecule has 2 unspecified atom stereocenters. The van der Waals surface area contributed by atoms with Crippen molar-refractivity contribution in [3.05, 3.63) is 24.3 Å². The molecule has 0 radical (unpaired) electrons. The Morgan fingerprint density at radius 2 is 1.22 bits per heavy atom. The third-order valence-electron chi connectivity index (χ3n) is 2.40. The normalized spacial score (nSPS) is 13.7. The third kappa shape index (κ3) is 9.82. The first-order chi connectivity index (χ1) is 10.4. The van der Waals surface area contributed by atoms with Crippen LogP contribution < -0.4 is 0 Å². The molecular formula is C14H22O8S. The summed E-state index contributed by atoms with van der Waals surface area (Å²) in [6, 6.07) is 0. The molecule has 0 aliphatic rings. The summed E-state index contributed by atoms with van der Waals surface area (Å²) < 4.78 is 32.8. The highest BCUT2D eigenvalue weighted by molar-refractivity contribution is 7.91. The molecule has 0 bridgehead atoms. The van der Waals surface area contributed by atoms with Gasteiger partial charge in [-0.25, -0.2) is 18.0 Å². The lowest BCUT2D eigenvalue weighted by molar-refractivity contribution is -0.142. The Morgan fingerprint density at radius 3 is 1.48 bits per heavy atom. The monoisotopic (exact) mass is 350 g/mol. The van der Waals surface area contributed by atoms with Gasteiger partial charge in [0.25, 0.3) is 0 Å². The van der Waals surface area contributed by atoms with Gasteiger partial charge in [-0.1, -0.05) is 13.2 Å². The van der Waals surface area contributed by atoms with Crippen molar-refractivity contribution in [3.8, 4) is 0 Å². The van der Waals surface area contributed by atoms with E-state index in [9.17, 15) is 28.2 Å². The van der Waals surface area contributed by atoms with E-state index in [2.05, 4.69) is 22.6 Å². The first-order valence-corrected chi connectivity index (χ1v) is 8.48. The molecule has 0 aliphatic carbocycles. The van der Waals surface area contributed by atoms with Gasteiger partial charge in [0.05, 0.1) is 11.5 Å². The third-order valence-corrected chi connectivity index (χ3v) is 4.19. The van der Waals surface area contributed by atoms with Crippen molar-refractivity contribution in [1.29, 1.82) is 0 Å². The number of hydrogen-bond acceptors (Lipinski definition) is 8. The zero-order chi connectivity index (χ0) is 18.2. The molecule has 0 saturated heterocycles. The molecule has 0 heterocycles. The summed E-state index contributed by atoms with van der Waals surface area (Å²) in [5, 5.41) is 19.1. The zero-order valence-corrected chi connectivity index (χ0v) is 14.0. The molecule has 2 N–H and O–H groups in total. The highest BCUT2D eigenvalue weighted by Gasteiger charge is 2.23. The fourth-order valence-electron chi connectivity index (χ4n) is 1.34. The minimum absolute atomic E-state index is 0.120. The number of ether oxygens (including phenoxy) is 2. The minimum atomic E-state index is -3.84. The summed E-state index contributed by atoms with van der Waals surface area (Å²) >= 11 is 0. The van der Waals surface area contributed by atoms with Crippen LogP contribution in [-0.2, 0) is 28.9 Å². The van der Waals surface area contributed by atoms with Crippen LogP contribution >= 0.6 is 0 Å². The van der Waals surface area contributed by atoms with E-state index in [0.717, 1.165) is 0 Å². The van der Waals surface area contributed by atoms with E-state index in [0.29, 0.717) is 0 Å². The van der Waals surface area contributed by atoms with E-state index >= 15 is 0 Å². The molecule has 0 aromatic heterocycles. The summed E-state index contributed by atoms with van der Waals surface area (Å²) in [6.07, 6.45) is -2.87. The fraction of sp³-hybridized carbons (Fsp3) is 0.571. The summed E-state index contributed by atoms with van der Waals surface area (Å²) in [6.45, 7) is 8.48. The van der Waals surface area contributed by atoms with Crippen molar-refractivity contribution in [2.45, 2.75) is 26.1 Å². The molecular weight excluding hydrogens is 328 g/mol. The van der Waals surface area contributed by atoms with Crippen molar-refractivity contribution in [3.63, 3.8) is 0 Å². The molecule has 23 heavy (non-hydrogen) atoms. The molecule has 0 aliphatic heterocycles. The van der Waals surface area contributed by atoms with Gasteiger partial charge in [0, 0.05) is 11.1 Å². The van der Waals surface area contributed by atoms with Gasteiger partial charge in [-0.15, -0.1) is 0 Å². The van der Waals surface area contributed by atoms with Gasteiger partial charge >= 0.3 is 11.9 Å². The van der Waals surface area contributed by atoms with E-state index in [1.807, 2.05) is 0 Å². The summed E-state index contributed by atoms with van der Waals surface area (Å²) in [4.78, 5) is 22.2. The molecule has 2 atom stereocenters. The molecule has 9 heteroatoms. The molecule has 8 nitrogen and oxygen atoms in total. The maximum Gasteiger partial charge on any atom is 0.333 e. The van der Waals surface area contributed by atoms with Crippen LogP contribution in [0.25, 0.3) is 0 Å². The van der Waals surface area contributed by atoms with Crippen LogP contribution in [0.5, 0.6) is 0 Å². The quantitative estimate of drug-likeness (QED) is 0.393. The van der Waals surface area contributed by atoms with E-state index in [1.54, 1.807) is 0 Å². The van der Waals surface area contributed by atoms with Gasteiger partial charge in [-0.05, 0) is 13.8 Å². The van der Waals surface area contributed by atoms with Crippen molar-refractivity contribution in [1.82, 2.24) is 0 Å². The first kappa shape index (κ1) is 21.3. The predicted octanol–water partition coefficient (Wildman–Crippen LogP) is -0.638. The number of carbonyl (C=O) groups is 2. The number of aliphatic hydroxyl groups is 2. The smallest absolute Gasteiger partial charge is 0.333 e. The largest absolute Gasteiger partial charge is 0.460 e. The van der Waals surface area contributed by atoms with Crippen LogP contribution in [0.15, 0.2) is 24.3 Å². The standard InChI is InChI=1S/C14H22O8S/c1-9(2)13(17)21-5-11(15)7-23(19,20)8-12(16)6-22-14(18)10(3)4/h11-12,15-16H,1,3,5-8H2,2,4H3. The first-order valence-electron chi connectivity index (χ1n) is 6.66. The molecule has 0 saturated carbocycles. The molecule has 132 valence electrons. The van der Waals surface area contributed by atoms with Crippen molar-refractivity contribution in [2.24, 2.45) is 0 Å². The Bertz CT molecular complexity index is 519. The van der Waals surface area contributed by atoms with Crippen LogP contribution in [0.4, 0.5) is 0 Å². The van der Waals surface area contributed by atoms with E-state index in [-0.39, 0.29) is 11.1 Å². The van der Waals surface area contributed by atoms with Crippen LogP contribution in [0.1, 0.15) is 13.8 Å². The van der Waals surface area contributed by atoms with Crippen LogP contribution in [0, 0.1) is 0 Å². The topological polar surface area (TPSA) is 127 Å². The maximum absolute atomic E-state index is 11.8. The lowest BCUT2D eigenvalue weighted by Crippen LogP contribution is -2.33. The van der Waals surface area contributed by atoms with E-state index in [4.69, 9.17) is 0 Å². The second-order valence-electron chi connectivity index (χ2n) is 5.14. The Kier molecular flexibility index (Phi) is 8.73. The molecule has 0 aromatic carbocycles. The Morgan fingerprint density at radius 1 is 0.913 bits per heavy atom. The van der Waals surface area contributed by atoms with Gasteiger partial charge in [-0.3, -0.25) is 0 Å². The van der Waals surface area contributed by atoms with Crippen molar-refractivity contribution >= 4 is 21.8 Å². The highest BCUT2D eigenvalue weighted by Crippen LogP contribution is 2.03. The Hall–Kier alpha value is -1.71. The Labute approximate surface area is 135 Å². The SMILES string of the molecule is C=C(C)C(=O)OCC(O)CS(=O)(=O)CC(O)COC(=O)C(=C)C. The second kappa shape index (κ2) is 9.43. The minimum Gasteiger partial charge on any atom is -0.460 e. The summed E-state index contributed by atoms with van der Waals surface area (Å²) in [5.74, 6) is -2.90. The zero-order valence-electron chi connectivity index (χ0n) is 13.1. The van der Waals surface area contributed by atoms with E-state index < -0.39 is 58.7 Å². The number of aliphatic hydroxyl groups excluding tert-OH is 2. The van der Waals surface area contributed by atoms with Crippen LogP contribution in [0.2, 0.25) is 0 Å². The lowest BCUT2D eigenvalue weighted by Gasteiger charge is -2.14. The predicted molar refractivity (Wildman–Crippen MR) is 82.2 cm³/mol. The summed E-state index contributed by atoms with van der Waals surface area (Å²) in [7, 11) is -3.84. The molecule has 0 amide bonds. The second-order valence-corrected chi connectivity index (χ2v) is 7.30. The van der Waals surface area contributed by atoms with Gasteiger partial charge in [0.1, 0.15) is 25.4 Å². The van der Waals surface area contributed by atoms with Crippen LogP contribution in [0.3, 0.4) is 0 Å². The number of carbonyl (C=O) groups excluding carboxylic acids is 2. The number of hydrogen-bond donors (Lipinski definition) is 2. The van der Waals surface area contributed by atoms with Gasteiger partial charge in [0.15, 0.2) is 9.84 Å². The molecule has 0 aromatic rings. The van der Waals surface area contributed by atoms with Gasteiger partial charge < -0.3 is 19.7 Å². The average molecular weight is 350 g/mol. The fourth-order valence-corrected chi connectivity index (χ4v) is 2.84. The van der Waals surface area contributed by atoms with Gasteiger partial charge in [0.2, 0.25) is 0 Å². The van der Waals surface area contributed by atoms with Crippen molar-refractivity contribution in [2.75, 3.05) is 24.7 Å². The van der Waals surface area contributed by atoms with E-state index in [1.165, 1.54) is 13.8 Å². The molecule has 0 spiro atoms. The lowest BCUT2D eigenvalue weighted by atomic mass is 10.3. The number of sulfone groups is 1. The number of esters is 2. The number of rotatable bonds is 10. The molecule has 0 fully saturated rings. The molecule has 0 rings (SSSR count). The maximum atomic E-state index is 11.8. The van der Waals surface area contributed by atoms with Crippen molar-refractivity contribution < 1.29 is 37.7 Å².